The number of hydrogen-bond donors (Lipinski definition) is 0. The lowest BCUT2D eigenvalue weighted by atomic mass is 10.2. The molecule has 1 aromatic carbocycles. The number of carbonyl (C=O) groups is 2. The largest absolute Gasteiger partial charge is 0.469 e. The molecule has 0 saturated carbocycles. The molecule has 0 aliphatic rings. The van der Waals surface area contributed by atoms with Crippen LogP contribution in [0.25, 0.3) is 0 Å². The van der Waals surface area contributed by atoms with E-state index in [4.69, 9.17) is 11.6 Å². The maximum Gasteiger partial charge on any atom is 0.307 e. The van der Waals surface area contributed by atoms with E-state index in [0.717, 1.165) is 0 Å². The van der Waals surface area contributed by atoms with Crippen molar-refractivity contribution >= 4 is 23.5 Å². The molecular weight excluding hydrogens is 273 g/mol. The van der Waals surface area contributed by atoms with E-state index < -0.39 is 17.7 Å². The highest BCUT2D eigenvalue weighted by molar-refractivity contribution is 6.34. The molecule has 1 amide bonds. The van der Waals surface area contributed by atoms with Crippen LogP contribution in [-0.4, -0.2) is 37.0 Å². The van der Waals surface area contributed by atoms with Gasteiger partial charge in [0.15, 0.2) is 0 Å². The first-order valence-electron chi connectivity index (χ1n) is 5.81. The third-order valence-electron chi connectivity index (χ3n) is 2.66. The Bertz CT molecular complexity index is 479. The third-order valence-corrected chi connectivity index (χ3v) is 3.05. The summed E-state index contributed by atoms with van der Waals surface area (Å²) in [6.45, 7) is 2.36. The molecule has 1 rings (SSSR count). The Kier molecular flexibility index (Phi) is 5.76. The minimum absolute atomic E-state index is 0.0863. The van der Waals surface area contributed by atoms with Gasteiger partial charge in [0, 0.05) is 13.1 Å². The highest BCUT2D eigenvalue weighted by Gasteiger charge is 2.19. The fourth-order valence-electron chi connectivity index (χ4n) is 1.57. The van der Waals surface area contributed by atoms with Gasteiger partial charge in [-0.2, -0.15) is 0 Å². The lowest BCUT2D eigenvalue weighted by Gasteiger charge is -2.20. The predicted molar refractivity (Wildman–Crippen MR) is 69.6 cm³/mol. The van der Waals surface area contributed by atoms with Crippen molar-refractivity contribution in [2.24, 2.45) is 0 Å². The summed E-state index contributed by atoms with van der Waals surface area (Å²) in [5, 5.41) is -0.205. The molecule has 1 aromatic rings. The molecule has 0 aliphatic heterocycles. The molecule has 0 radical (unpaired) electrons. The first-order valence-corrected chi connectivity index (χ1v) is 6.19. The Morgan fingerprint density at radius 2 is 2.11 bits per heavy atom. The molecule has 0 saturated heterocycles. The maximum atomic E-state index is 13.3. The van der Waals surface area contributed by atoms with Crippen molar-refractivity contribution in [1.82, 2.24) is 4.90 Å². The van der Waals surface area contributed by atoms with E-state index in [9.17, 15) is 14.0 Å². The highest BCUT2D eigenvalue weighted by atomic mass is 35.5. The van der Waals surface area contributed by atoms with Gasteiger partial charge in [-0.15, -0.1) is 0 Å². The van der Waals surface area contributed by atoms with Gasteiger partial charge in [-0.25, -0.2) is 4.39 Å². The minimum Gasteiger partial charge on any atom is -0.469 e. The zero-order chi connectivity index (χ0) is 14.4. The smallest absolute Gasteiger partial charge is 0.307 e. The summed E-state index contributed by atoms with van der Waals surface area (Å²) < 4.78 is 17.8. The summed E-state index contributed by atoms with van der Waals surface area (Å²) in [5.74, 6) is -1.45. The van der Waals surface area contributed by atoms with Gasteiger partial charge in [0.2, 0.25) is 0 Å². The minimum atomic E-state index is -0.642. The molecule has 0 aromatic heterocycles. The van der Waals surface area contributed by atoms with Gasteiger partial charge in [-0.3, -0.25) is 9.59 Å². The van der Waals surface area contributed by atoms with Crippen LogP contribution in [0.4, 0.5) is 4.39 Å². The van der Waals surface area contributed by atoms with Crippen LogP contribution in [0.3, 0.4) is 0 Å². The van der Waals surface area contributed by atoms with Crippen LogP contribution in [-0.2, 0) is 9.53 Å². The van der Waals surface area contributed by atoms with Crippen LogP contribution in [0.5, 0.6) is 0 Å². The number of amides is 1. The molecule has 0 atom stereocenters. The number of esters is 1. The van der Waals surface area contributed by atoms with Gasteiger partial charge in [0.1, 0.15) is 5.82 Å². The summed E-state index contributed by atoms with van der Waals surface area (Å²) in [6, 6.07) is 4.06. The zero-order valence-electron chi connectivity index (χ0n) is 10.8. The summed E-state index contributed by atoms with van der Waals surface area (Å²) >= 11 is 5.76. The van der Waals surface area contributed by atoms with Crippen LogP contribution in [0, 0.1) is 5.82 Å². The number of rotatable bonds is 5. The molecule has 0 heterocycles. The molecule has 104 valence electrons. The van der Waals surface area contributed by atoms with Crippen molar-refractivity contribution in [3.63, 3.8) is 0 Å². The molecular formula is C13H15ClFNO3. The number of carbonyl (C=O) groups excluding carboxylic acids is 2. The SMILES string of the molecule is CCN(CCC(=O)OC)C(=O)c1cccc(F)c1Cl. The average Bonchev–Trinajstić information content (AvgIpc) is 2.41. The summed E-state index contributed by atoms with van der Waals surface area (Å²) in [6.07, 6.45) is 0.0863. The predicted octanol–water partition coefficient (Wildman–Crippen LogP) is 2.50. The Morgan fingerprint density at radius 1 is 1.42 bits per heavy atom. The van der Waals surface area contributed by atoms with E-state index in [1.807, 2.05) is 0 Å². The summed E-state index contributed by atoms with van der Waals surface area (Å²) in [5.41, 5.74) is 0.0911. The van der Waals surface area contributed by atoms with Gasteiger partial charge >= 0.3 is 5.97 Å². The summed E-state index contributed by atoms with van der Waals surface area (Å²) in [4.78, 5) is 24.7. The normalized spacial score (nSPS) is 10.1. The molecule has 0 N–H and O–H groups in total. The van der Waals surface area contributed by atoms with Crippen LogP contribution in [0.1, 0.15) is 23.7 Å². The second kappa shape index (κ2) is 7.09. The number of methoxy groups -OCH3 is 1. The first-order chi connectivity index (χ1) is 9.01. The zero-order valence-corrected chi connectivity index (χ0v) is 11.5. The van der Waals surface area contributed by atoms with E-state index in [0.29, 0.717) is 6.54 Å². The second-order valence-electron chi connectivity index (χ2n) is 3.81. The molecule has 0 spiro atoms. The Morgan fingerprint density at radius 3 is 2.68 bits per heavy atom. The molecule has 0 bridgehead atoms. The number of ether oxygens (including phenoxy) is 1. The van der Waals surface area contributed by atoms with Crippen molar-refractivity contribution in [3.05, 3.63) is 34.6 Å². The maximum absolute atomic E-state index is 13.3. The number of nitrogens with zero attached hydrogens (tertiary/aromatic N) is 1. The molecule has 4 nitrogen and oxygen atoms in total. The number of halogens is 2. The molecule has 0 aliphatic carbocycles. The third kappa shape index (κ3) is 3.92. The van der Waals surface area contributed by atoms with Crippen molar-refractivity contribution in [3.8, 4) is 0 Å². The molecule has 0 fully saturated rings. The molecule has 6 heteroatoms. The standard InChI is InChI=1S/C13H15ClFNO3/c1-3-16(8-7-11(17)19-2)13(18)9-5-4-6-10(15)12(9)14/h4-6H,3,7-8H2,1-2H3. The van der Waals surface area contributed by atoms with Crippen LogP contribution in [0.2, 0.25) is 5.02 Å². The Labute approximate surface area is 116 Å². The number of benzene rings is 1. The van der Waals surface area contributed by atoms with E-state index in [1.165, 1.54) is 30.2 Å². The van der Waals surface area contributed by atoms with Crippen LogP contribution in [0.15, 0.2) is 18.2 Å². The van der Waals surface area contributed by atoms with Crippen LogP contribution >= 0.6 is 11.6 Å². The quantitative estimate of drug-likeness (QED) is 0.782. The van der Waals surface area contributed by atoms with Crippen molar-refractivity contribution in [2.75, 3.05) is 20.2 Å². The van der Waals surface area contributed by atoms with E-state index in [1.54, 1.807) is 6.92 Å². The topological polar surface area (TPSA) is 46.6 Å². The average molecular weight is 288 g/mol. The Hall–Kier alpha value is -1.62. The number of hydrogen-bond acceptors (Lipinski definition) is 3. The van der Waals surface area contributed by atoms with Gasteiger partial charge in [0.25, 0.3) is 5.91 Å². The van der Waals surface area contributed by atoms with E-state index in [2.05, 4.69) is 4.74 Å². The lowest BCUT2D eigenvalue weighted by molar-refractivity contribution is -0.140. The van der Waals surface area contributed by atoms with E-state index >= 15 is 0 Å². The highest BCUT2D eigenvalue weighted by Crippen LogP contribution is 2.21. The van der Waals surface area contributed by atoms with Crippen molar-refractivity contribution in [1.29, 1.82) is 0 Å². The van der Waals surface area contributed by atoms with Crippen LogP contribution < -0.4 is 0 Å². The van der Waals surface area contributed by atoms with Gasteiger partial charge in [0.05, 0.1) is 24.1 Å². The van der Waals surface area contributed by atoms with Gasteiger partial charge in [-0.1, -0.05) is 17.7 Å². The fourth-order valence-corrected chi connectivity index (χ4v) is 1.78. The van der Waals surface area contributed by atoms with E-state index in [-0.39, 0.29) is 23.6 Å². The van der Waals surface area contributed by atoms with Crippen molar-refractivity contribution in [2.45, 2.75) is 13.3 Å². The lowest BCUT2D eigenvalue weighted by Crippen LogP contribution is -2.33. The monoisotopic (exact) mass is 287 g/mol. The fraction of sp³-hybridized carbons (Fsp3) is 0.385. The van der Waals surface area contributed by atoms with Gasteiger partial charge < -0.3 is 9.64 Å². The van der Waals surface area contributed by atoms with Crippen molar-refractivity contribution < 1.29 is 18.7 Å². The first kappa shape index (κ1) is 15.4. The molecule has 0 unspecified atom stereocenters. The summed E-state index contributed by atoms with van der Waals surface area (Å²) in [7, 11) is 1.28. The van der Waals surface area contributed by atoms with Gasteiger partial charge in [-0.05, 0) is 19.1 Å². The Balaban J connectivity index is 2.84. The molecule has 19 heavy (non-hydrogen) atoms. The second-order valence-corrected chi connectivity index (χ2v) is 4.19.